The zero-order valence-electron chi connectivity index (χ0n) is 10.8. The molecule has 0 bridgehead atoms. The molecule has 5 nitrogen and oxygen atoms in total. The Kier molecular flexibility index (Phi) is 4.12. The van der Waals surface area contributed by atoms with Gasteiger partial charge in [-0.1, -0.05) is 19.1 Å². The van der Waals surface area contributed by atoms with Crippen LogP contribution in [0.2, 0.25) is 0 Å². The minimum atomic E-state index is -0.278. The van der Waals surface area contributed by atoms with E-state index in [0.717, 1.165) is 17.6 Å². The molecule has 2 rings (SSSR count). The van der Waals surface area contributed by atoms with Crippen molar-refractivity contribution in [2.75, 3.05) is 6.54 Å². The number of imidazole rings is 1. The molecule has 1 N–H and O–H groups in total. The van der Waals surface area contributed by atoms with Gasteiger partial charge in [-0.3, -0.25) is 0 Å². The highest BCUT2D eigenvalue weighted by atomic mass is 15.1. The van der Waals surface area contributed by atoms with Gasteiger partial charge in [-0.2, -0.15) is 10.5 Å². The van der Waals surface area contributed by atoms with E-state index in [2.05, 4.69) is 22.4 Å². The SMILES string of the molecule is CCNC(C#N)Cn1c(CC#N)nc2ccccc21. The van der Waals surface area contributed by atoms with Gasteiger partial charge in [0, 0.05) is 0 Å². The Morgan fingerprint density at radius 3 is 2.84 bits per heavy atom. The molecule has 0 saturated carbocycles. The van der Waals surface area contributed by atoms with Gasteiger partial charge < -0.3 is 9.88 Å². The highest BCUT2D eigenvalue weighted by molar-refractivity contribution is 5.76. The Morgan fingerprint density at radius 1 is 1.37 bits per heavy atom. The fourth-order valence-electron chi connectivity index (χ4n) is 2.11. The second kappa shape index (κ2) is 5.99. The average molecular weight is 253 g/mol. The predicted octanol–water partition coefficient (Wildman–Crippen LogP) is 1.60. The van der Waals surface area contributed by atoms with E-state index < -0.39 is 0 Å². The number of likely N-dealkylation sites (N-methyl/N-ethyl adjacent to an activating group) is 1. The van der Waals surface area contributed by atoms with Crippen LogP contribution < -0.4 is 5.32 Å². The van der Waals surface area contributed by atoms with Gasteiger partial charge in [0.25, 0.3) is 0 Å². The summed E-state index contributed by atoms with van der Waals surface area (Å²) in [5, 5.41) is 21.1. The molecular weight excluding hydrogens is 238 g/mol. The van der Waals surface area contributed by atoms with E-state index in [9.17, 15) is 0 Å². The largest absolute Gasteiger partial charge is 0.324 e. The number of nitriles is 2. The molecule has 1 heterocycles. The van der Waals surface area contributed by atoms with Crippen molar-refractivity contribution in [2.45, 2.75) is 25.9 Å². The number of hydrogen-bond donors (Lipinski definition) is 1. The Bertz CT molecular complexity index is 644. The van der Waals surface area contributed by atoms with E-state index in [1.807, 2.05) is 35.8 Å². The highest BCUT2D eigenvalue weighted by Gasteiger charge is 2.14. The lowest BCUT2D eigenvalue weighted by molar-refractivity contribution is 0.534. The van der Waals surface area contributed by atoms with Crippen LogP contribution in [0.5, 0.6) is 0 Å². The molecule has 1 unspecified atom stereocenters. The summed E-state index contributed by atoms with van der Waals surface area (Å²) in [6.45, 7) is 3.20. The quantitative estimate of drug-likeness (QED) is 0.878. The van der Waals surface area contributed by atoms with Crippen molar-refractivity contribution in [2.24, 2.45) is 0 Å². The standard InChI is InChI=1S/C14H15N5/c1-2-17-11(9-16)10-19-13-6-4-3-5-12(13)18-14(19)7-8-15/h3-6,11,17H,2,7,10H2,1H3. The Morgan fingerprint density at radius 2 is 2.16 bits per heavy atom. The summed E-state index contributed by atoms with van der Waals surface area (Å²) in [6, 6.07) is 11.8. The molecule has 2 aromatic rings. The first-order valence-corrected chi connectivity index (χ1v) is 6.24. The Labute approximate surface area is 112 Å². The van der Waals surface area contributed by atoms with Gasteiger partial charge in [-0.15, -0.1) is 0 Å². The number of benzene rings is 1. The van der Waals surface area contributed by atoms with Crippen LogP contribution in [0, 0.1) is 22.7 Å². The number of nitrogens with zero attached hydrogens (tertiary/aromatic N) is 4. The van der Waals surface area contributed by atoms with Gasteiger partial charge >= 0.3 is 0 Å². The van der Waals surface area contributed by atoms with E-state index in [0.29, 0.717) is 12.4 Å². The third-order valence-corrected chi connectivity index (χ3v) is 2.94. The van der Waals surface area contributed by atoms with Crippen molar-refractivity contribution in [3.63, 3.8) is 0 Å². The molecular formula is C14H15N5. The first-order chi connectivity index (χ1) is 9.30. The molecule has 1 aromatic heterocycles. The number of fused-ring (bicyclic) bond motifs is 1. The summed E-state index contributed by atoms with van der Waals surface area (Å²) in [5.41, 5.74) is 1.83. The summed E-state index contributed by atoms with van der Waals surface area (Å²) >= 11 is 0. The van der Waals surface area contributed by atoms with Crippen molar-refractivity contribution in [1.82, 2.24) is 14.9 Å². The Balaban J connectivity index is 2.42. The molecule has 0 aliphatic carbocycles. The molecule has 1 atom stereocenters. The lowest BCUT2D eigenvalue weighted by Crippen LogP contribution is -2.32. The smallest absolute Gasteiger partial charge is 0.124 e. The molecule has 0 aliphatic heterocycles. The van der Waals surface area contributed by atoms with Gasteiger partial charge in [-0.25, -0.2) is 4.98 Å². The van der Waals surface area contributed by atoms with Crippen molar-refractivity contribution in [1.29, 1.82) is 10.5 Å². The summed E-state index contributed by atoms with van der Waals surface area (Å²) in [5.74, 6) is 0.710. The predicted molar refractivity (Wildman–Crippen MR) is 72.1 cm³/mol. The fourth-order valence-corrected chi connectivity index (χ4v) is 2.11. The topological polar surface area (TPSA) is 77.4 Å². The second-order valence-electron chi connectivity index (χ2n) is 4.20. The minimum Gasteiger partial charge on any atom is -0.324 e. The fraction of sp³-hybridized carbons (Fsp3) is 0.357. The van der Waals surface area contributed by atoms with Crippen LogP contribution in [-0.2, 0) is 13.0 Å². The van der Waals surface area contributed by atoms with Crippen LogP contribution in [0.15, 0.2) is 24.3 Å². The number of rotatable bonds is 5. The molecule has 0 aliphatic rings. The minimum absolute atomic E-state index is 0.249. The normalized spacial score (nSPS) is 11.9. The summed E-state index contributed by atoms with van der Waals surface area (Å²) in [7, 11) is 0. The molecule has 0 spiro atoms. The first-order valence-electron chi connectivity index (χ1n) is 6.24. The molecule has 0 amide bonds. The third kappa shape index (κ3) is 2.73. The van der Waals surface area contributed by atoms with Crippen LogP contribution in [0.1, 0.15) is 12.7 Å². The van der Waals surface area contributed by atoms with Crippen LogP contribution in [-0.4, -0.2) is 22.1 Å². The zero-order valence-corrected chi connectivity index (χ0v) is 10.8. The maximum absolute atomic E-state index is 9.14. The first kappa shape index (κ1) is 13.1. The molecule has 0 saturated heterocycles. The van der Waals surface area contributed by atoms with E-state index >= 15 is 0 Å². The lowest BCUT2D eigenvalue weighted by Gasteiger charge is -2.13. The summed E-state index contributed by atoms with van der Waals surface area (Å²) in [6.07, 6.45) is 0.249. The molecule has 96 valence electrons. The highest BCUT2D eigenvalue weighted by Crippen LogP contribution is 2.16. The number of nitrogens with one attached hydrogen (secondary N) is 1. The van der Waals surface area contributed by atoms with Crippen molar-refractivity contribution < 1.29 is 0 Å². The van der Waals surface area contributed by atoms with Crippen molar-refractivity contribution >= 4 is 11.0 Å². The number of para-hydroxylation sites is 2. The third-order valence-electron chi connectivity index (χ3n) is 2.94. The van der Waals surface area contributed by atoms with Gasteiger partial charge in [0.05, 0.1) is 36.1 Å². The zero-order chi connectivity index (χ0) is 13.7. The van der Waals surface area contributed by atoms with E-state index in [1.54, 1.807) is 0 Å². The van der Waals surface area contributed by atoms with Crippen molar-refractivity contribution in [3.8, 4) is 12.1 Å². The van der Waals surface area contributed by atoms with Crippen LogP contribution in [0.4, 0.5) is 0 Å². The molecule has 0 fully saturated rings. The van der Waals surface area contributed by atoms with Crippen LogP contribution in [0.3, 0.4) is 0 Å². The molecule has 5 heteroatoms. The molecule has 19 heavy (non-hydrogen) atoms. The van der Waals surface area contributed by atoms with Gasteiger partial charge in [0.2, 0.25) is 0 Å². The van der Waals surface area contributed by atoms with E-state index in [1.165, 1.54) is 0 Å². The summed E-state index contributed by atoms with van der Waals surface area (Å²) < 4.78 is 1.95. The van der Waals surface area contributed by atoms with Gasteiger partial charge in [-0.05, 0) is 18.7 Å². The van der Waals surface area contributed by atoms with Crippen LogP contribution in [0.25, 0.3) is 11.0 Å². The molecule has 1 aromatic carbocycles. The second-order valence-corrected chi connectivity index (χ2v) is 4.20. The van der Waals surface area contributed by atoms with Gasteiger partial charge in [0.1, 0.15) is 11.9 Å². The maximum Gasteiger partial charge on any atom is 0.124 e. The monoisotopic (exact) mass is 253 g/mol. The van der Waals surface area contributed by atoms with Gasteiger partial charge in [0.15, 0.2) is 0 Å². The van der Waals surface area contributed by atoms with E-state index in [-0.39, 0.29) is 12.5 Å². The number of hydrogen-bond acceptors (Lipinski definition) is 4. The van der Waals surface area contributed by atoms with Crippen molar-refractivity contribution in [3.05, 3.63) is 30.1 Å². The average Bonchev–Trinajstić information content (AvgIpc) is 2.77. The van der Waals surface area contributed by atoms with E-state index in [4.69, 9.17) is 10.5 Å². The molecule has 0 radical (unpaired) electrons. The number of aromatic nitrogens is 2. The lowest BCUT2D eigenvalue weighted by atomic mass is 10.2. The Hall–Kier alpha value is -2.37. The maximum atomic E-state index is 9.14. The van der Waals surface area contributed by atoms with Crippen LogP contribution >= 0.6 is 0 Å². The summed E-state index contributed by atoms with van der Waals surface area (Å²) in [4.78, 5) is 4.45.